The number of hydrogen-bond donors (Lipinski definition) is 2. The van der Waals surface area contributed by atoms with Crippen LogP contribution >= 0.6 is 39.9 Å². The van der Waals surface area contributed by atoms with Crippen molar-refractivity contribution >= 4 is 45.9 Å². The lowest BCUT2D eigenvalue weighted by atomic mass is 10.1. The van der Waals surface area contributed by atoms with Gasteiger partial charge in [0.2, 0.25) is 0 Å². The highest BCUT2D eigenvalue weighted by Gasteiger charge is 2.39. The van der Waals surface area contributed by atoms with Gasteiger partial charge in [-0.05, 0) is 43.9 Å². The topological polar surface area (TPSA) is 36.4 Å². The molecule has 0 aromatic heterocycles. The van der Waals surface area contributed by atoms with E-state index in [0.29, 0.717) is 18.0 Å². The van der Waals surface area contributed by atoms with E-state index in [0.717, 1.165) is 17.0 Å². The van der Waals surface area contributed by atoms with Crippen molar-refractivity contribution in [2.24, 2.45) is 4.99 Å². The third kappa shape index (κ3) is 4.35. The lowest BCUT2D eigenvalue weighted by Gasteiger charge is -2.11. The number of halogens is 2. The van der Waals surface area contributed by atoms with Crippen LogP contribution in [0.3, 0.4) is 0 Å². The Hall–Kier alpha value is -0.300. The van der Waals surface area contributed by atoms with Gasteiger partial charge in [0, 0.05) is 29.0 Å². The van der Waals surface area contributed by atoms with Gasteiger partial charge >= 0.3 is 0 Å². The Kier molecular flexibility index (Phi) is 5.72. The van der Waals surface area contributed by atoms with Gasteiger partial charge in [0.1, 0.15) is 0 Å². The molecule has 0 heterocycles. The minimum atomic E-state index is 0. The van der Waals surface area contributed by atoms with E-state index in [-0.39, 0.29) is 24.0 Å². The first-order valence-electron chi connectivity index (χ1n) is 7.09. The van der Waals surface area contributed by atoms with E-state index in [1.54, 1.807) is 0 Å². The second kappa shape index (κ2) is 7.11. The number of hydrogen-bond acceptors (Lipinski definition) is 1. The van der Waals surface area contributed by atoms with Crippen LogP contribution in [0.15, 0.2) is 33.7 Å². The minimum Gasteiger partial charge on any atom is -0.354 e. The summed E-state index contributed by atoms with van der Waals surface area (Å²) in [7, 11) is 0. The summed E-state index contributed by atoms with van der Waals surface area (Å²) in [6.07, 6.45) is 3.77. The number of rotatable bonds is 4. The summed E-state index contributed by atoms with van der Waals surface area (Å²) in [5.41, 5.74) is 1.42. The van der Waals surface area contributed by atoms with Crippen molar-refractivity contribution in [2.75, 3.05) is 6.54 Å². The Morgan fingerprint density at radius 3 is 2.55 bits per heavy atom. The molecule has 20 heavy (non-hydrogen) atoms. The van der Waals surface area contributed by atoms with Crippen molar-refractivity contribution in [1.82, 2.24) is 10.6 Å². The fourth-order valence-corrected chi connectivity index (χ4v) is 2.58. The number of nitrogens with zero attached hydrogens (tertiary/aromatic N) is 1. The van der Waals surface area contributed by atoms with Gasteiger partial charge in [0.25, 0.3) is 0 Å². The molecule has 2 aliphatic rings. The van der Waals surface area contributed by atoms with Gasteiger partial charge in [0.15, 0.2) is 5.96 Å². The van der Waals surface area contributed by atoms with E-state index in [1.807, 2.05) is 0 Å². The maximum atomic E-state index is 4.51. The molecule has 3 nitrogen and oxygen atoms in total. The molecular formula is C15H21BrIN3. The summed E-state index contributed by atoms with van der Waals surface area (Å²) in [5, 5.41) is 7.03. The predicted octanol–water partition coefficient (Wildman–Crippen LogP) is 3.64. The quantitative estimate of drug-likeness (QED) is 0.418. The molecule has 2 saturated carbocycles. The van der Waals surface area contributed by atoms with Crippen LogP contribution in [0, 0.1) is 0 Å². The average molecular weight is 450 g/mol. The smallest absolute Gasteiger partial charge is 0.191 e. The normalized spacial score (nSPS) is 24.8. The third-order valence-corrected chi connectivity index (χ3v) is 4.17. The van der Waals surface area contributed by atoms with Crippen molar-refractivity contribution in [2.45, 2.75) is 44.2 Å². The van der Waals surface area contributed by atoms with Crippen LogP contribution in [0.1, 0.15) is 37.7 Å². The molecule has 110 valence electrons. The first-order valence-corrected chi connectivity index (χ1v) is 7.88. The SMILES string of the molecule is CCN=C(NC1CC1)NC1CC1c1ccc(Br)cc1.I. The van der Waals surface area contributed by atoms with Crippen molar-refractivity contribution < 1.29 is 0 Å². The summed E-state index contributed by atoms with van der Waals surface area (Å²) in [4.78, 5) is 4.51. The molecule has 3 rings (SSSR count). The van der Waals surface area contributed by atoms with E-state index in [1.165, 1.54) is 24.8 Å². The van der Waals surface area contributed by atoms with E-state index in [9.17, 15) is 0 Å². The van der Waals surface area contributed by atoms with Crippen molar-refractivity contribution in [3.8, 4) is 0 Å². The van der Waals surface area contributed by atoms with Gasteiger partial charge in [-0.1, -0.05) is 28.1 Å². The first-order chi connectivity index (χ1) is 9.26. The molecule has 2 fully saturated rings. The van der Waals surface area contributed by atoms with Crippen molar-refractivity contribution in [3.05, 3.63) is 34.3 Å². The van der Waals surface area contributed by atoms with Crippen LogP contribution < -0.4 is 10.6 Å². The number of guanidine groups is 1. The summed E-state index contributed by atoms with van der Waals surface area (Å²) in [5.74, 6) is 1.63. The Bertz CT molecular complexity index is 471. The monoisotopic (exact) mass is 449 g/mol. The highest BCUT2D eigenvalue weighted by atomic mass is 127. The first kappa shape index (κ1) is 16.1. The fourth-order valence-electron chi connectivity index (χ4n) is 2.32. The standard InChI is InChI=1S/C15H20BrN3.HI/c1-2-17-15(18-12-7-8-12)19-14-9-13(14)10-3-5-11(16)6-4-10;/h3-6,12-14H,2,7-9H2,1H3,(H2,17,18,19);1H. The van der Waals surface area contributed by atoms with Crippen LogP contribution in [0.4, 0.5) is 0 Å². The lowest BCUT2D eigenvalue weighted by Crippen LogP contribution is -2.40. The molecule has 2 aliphatic carbocycles. The Balaban J connectivity index is 0.00000147. The maximum absolute atomic E-state index is 4.51. The molecule has 0 spiro atoms. The van der Waals surface area contributed by atoms with Crippen LogP contribution in [0.5, 0.6) is 0 Å². The molecule has 2 unspecified atom stereocenters. The van der Waals surface area contributed by atoms with Crippen LogP contribution in [0.25, 0.3) is 0 Å². The zero-order valence-corrected chi connectivity index (χ0v) is 15.5. The predicted molar refractivity (Wildman–Crippen MR) is 98.0 cm³/mol. The zero-order valence-electron chi connectivity index (χ0n) is 11.6. The Morgan fingerprint density at radius 2 is 1.95 bits per heavy atom. The zero-order chi connectivity index (χ0) is 13.2. The van der Waals surface area contributed by atoms with E-state index in [4.69, 9.17) is 0 Å². The van der Waals surface area contributed by atoms with Gasteiger partial charge in [0.05, 0.1) is 0 Å². The van der Waals surface area contributed by atoms with Crippen molar-refractivity contribution in [3.63, 3.8) is 0 Å². The second-order valence-electron chi connectivity index (χ2n) is 5.39. The fraction of sp³-hybridized carbons (Fsp3) is 0.533. The highest BCUT2D eigenvalue weighted by molar-refractivity contribution is 14.0. The molecule has 0 amide bonds. The molecule has 5 heteroatoms. The van der Waals surface area contributed by atoms with Gasteiger partial charge < -0.3 is 10.6 Å². The summed E-state index contributed by atoms with van der Waals surface area (Å²) in [6, 6.07) is 9.85. The van der Waals surface area contributed by atoms with Gasteiger partial charge in [-0.25, -0.2) is 0 Å². The number of nitrogens with one attached hydrogen (secondary N) is 2. The molecular weight excluding hydrogens is 429 g/mol. The lowest BCUT2D eigenvalue weighted by molar-refractivity contribution is 0.781. The highest BCUT2D eigenvalue weighted by Crippen LogP contribution is 2.41. The minimum absolute atomic E-state index is 0. The summed E-state index contributed by atoms with van der Waals surface area (Å²) in [6.45, 7) is 2.91. The maximum Gasteiger partial charge on any atom is 0.191 e. The molecule has 2 atom stereocenters. The van der Waals surface area contributed by atoms with Gasteiger partial charge in [-0.2, -0.15) is 0 Å². The van der Waals surface area contributed by atoms with Crippen LogP contribution in [-0.2, 0) is 0 Å². The Morgan fingerprint density at radius 1 is 1.25 bits per heavy atom. The summed E-state index contributed by atoms with van der Waals surface area (Å²) >= 11 is 3.48. The molecule has 1 aromatic carbocycles. The number of aliphatic imine (C=N–C) groups is 1. The van der Waals surface area contributed by atoms with Gasteiger partial charge in [-0.3, -0.25) is 4.99 Å². The van der Waals surface area contributed by atoms with Gasteiger partial charge in [-0.15, -0.1) is 24.0 Å². The van der Waals surface area contributed by atoms with Crippen molar-refractivity contribution in [1.29, 1.82) is 0 Å². The molecule has 2 N–H and O–H groups in total. The Labute approximate surface area is 146 Å². The van der Waals surface area contributed by atoms with Crippen LogP contribution in [0.2, 0.25) is 0 Å². The molecule has 0 bridgehead atoms. The van der Waals surface area contributed by atoms with E-state index in [2.05, 4.69) is 62.7 Å². The van der Waals surface area contributed by atoms with E-state index >= 15 is 0 Å². The average Bonchev–Trinajstić information content (AvgIpc) is 3.28. The summed E-state index contributed by atoms with van der Waals surface area (Å²) < 4.78 is 1.14. The molecule has 0 aliphatic heterocycles. The molecule has 1 aromatic rings. The number of benzene rings is 1. The second-order valence-corrected chi connectivity index (χ2v) is 6.30. The largest absolute Gasteiger partial charge is 0.354 e. The molecule has 0 radical (unpaired) electrons. The molecule has 0 saturated heterocycles. The third-order valence-electron chi connectivity index (χ3n) is 3.65. The van der Waals surface area contributed by atoms with Crippen LogP contribution in [-0.4, -0.2) is 24.6 Å². The van der Waals surface area contributed by atoms with E-state index < -0.39 is 0 Å².